The highest BCUT2D eigenvalue weighted by Crippen LogP contribution is 2.23. The predicted octanol–water partition coefficient (Wildman–Crippen LogP) is 2.91. The molecule has 11 heteroatoms. The number of carboxylic acid groups (broad SMARTS) is 1. The van der Waals surface area contributed by atoms with Gasteiger partial charge in [0.2, 0.25) is 5.88 Å². The Morgan fingerprint density at radius 2 is 1.78 bits per heavy atom. The summed E-state index contributed by atoms with van der Waals surface area (Å²) in [5.41, 5.74) is 3.46. The number of benzene rings is 1. The first-order valence-electron chi connectivity index (χ1n) is 9.51. The number of hydrogen-bond acceptors (Lipinski definition) is 6. The van der Waals surface area contributed by atoms with Crippen molar-refractivity contribution >= 4 is 22.8 Å². The van der Waals surface area contributed by atoms with E-state index in [0.717, 1.165) is 22.2 Å². The fraction of sp³-hybridized carbons (Fsp3) is 0.286. The first-order chi connectivity index (χ1) is 15.2. The highest BCUT2D eigenvalue weighted by atomic mass is 19.4. The zero-order valence-electron chi connectivity index (χ0n) is 17.0. The molecule has 3 aromatic rings. The van der Waals surface area contributed by atoms with Crippen LogP contribution in [0.5, 0.6) is 5.88 Å². The Morgan fingerprint density at radius 1 is 1.09 bits per heavy atom. The van der Waals surface area contributed by atoms with Gasteiger partial charge in [-0.2, -0.15) is 13.2 Å². The maximum absolute atomic E-state index is 12.9. The molecule has 1 aliphatic heterocycles. The summed E-state index contributed by atoms with van der Waals surface area (Å²) in [6.45, 7) is 1.24. The van der Waals surface area contributed by atoms with E-state index in [9.17, 15) is 18.0 Å². The van der Waals surface area contributed by atoms with Crippen molar-refractivity contribution in [2.75, 3.05) is 20.2 Å². The first-order valence-corrected chi connectivity index (χ1v) is 9.51. The molecule has 0 fully saturated rings. The molecule has 4 rings (SSSR count). The van der Waals surface area contributed by atoms with Gasteiger partial charge in [0.25, 0.3) is 5.91 Å². The molecule has 0 atom stereocenters. The topological polar surface area (TPSA) is 106 Å². The Morgan fingerprint density at radius 3 is 2.47 bits per heavy atom. The van der Waals surface area contributed by atoms with Crippen LogP contribution < -0.4 is 4.74 Å². The molecule has 32 heavy (non-hydrogen) atoms. The van der Waals surface area contributed by atoms with Gasteiger partial charge in [-0.05, 0) is 18.6 Å². The summed E-state index contributed by atoms with van der Waals surface area (Å²) in [6.07, 6.45) is -0.529. The molecule has 0 saturated heterocycles. The minimum atomic E-state index is -5.08. The molecular weight excluding hydrogens is 429 g/mol. The summed E-state index contributed by atoms with van der Waals surface area (Å²) in [7, 11) is 1.61. The third-order valence-electron chi connectivity index (χ3n) is 4.81. The van der Waals surface area contributed by atoms with E-state index >= 15 is 0 Å². The highest BCUT2D eigenvalue weighted by molar-refractivity contribution is 5.97. The molecule has 0 aliphatic carbocycles. The van der Waals surface area contributed by atoms with E-state index in [1.807, 2.05) is 35.2 Å². The molecule has 1 aromatic carbocycles. The fourth-order valence-electron chi connectivity index (χ4n) is 3.25. The number of carbonyl (C=O) groups excluding carboxylic acids is 1. The molecule has 0 radical (unpaired) electrons. The fourth-order valence-corrected chi connectivity index (χ4v) is 3.25. The molecule has 2 aromatic heterocycles. The van der Waals surface area contributed by atoms with Gasteiger partial charge in [0.1, 0.15) is 6.33 Å². The summed E-state index contributed by atoms with van der Waals surface area (Å²) in [4.78, 5) is 36.6. The molecule has 0 unspecified atom stereocenters. The van der Waals surface area contributed by atoms with Crippen molar-refractivity contribution in [1.29, 1.82) is 0 Å². The number of nitrogens with zero attached hydrogens (tertiary/aromatic N) is 4. The van der Waals surface area contributed by atoms with Gasteiger partial charge in [-0.1, -0.05) is 18.2 Å². The third kappa shape index (κ3) is 5.29. The lowest BCUT2D eigenvalue weighted by molar-refractivity contribution is -0.192. The van der Waals surface area contributed by atoms with E-state index in [0.29, 0.717) is 37.4 Å². The van der Waals surface area contributed by atoms with Crippen LogP contribution in [0.4, 0.5) is 13.2 Å². The number of amides is 1. The summed E-state index contributed by atoms with van der Waals surface area (Å²) in [5.74, 6) is -2.16. The SMILES string of the molecule is COc1ncnc2c1CCN(C(=O)c1cnc3ccccc3c1)CC2.O=C(O)C(F)(F)F. The Hall–Kier alpha value is -3.76. The standard InChI is InChI=1S/C19H18N4O2.C2HF3O2/c1-25-18-15-6-8-23(9-7-17(15)21-12-22-18)19(24)14-10-13-4-2-3-5-16(13)20-11-14;3-2(4,5)1(6)7/h2-5,10-12H,6-9H2,1H3;(H,6,7). The summed E-state index contributed by atoms with van der Waals surface area (Å²) in [5, 5.41) is 8.10. The number of aliphatic carboxylic acids is 1. The van der Waals surface area contributed by atoms with Crippen LogP contribution in [0.3, 0.4) is 0 Å². The Labute approximate surface area is 180 Å². The maximum atomic E-state index is 12.9. The molecule has 8 nitrogen and oxygen atoms in total. The van der Waals surface area contributed by atoms with Crippen molar-refractivity contribution in [1.82, 2.24) is 19.9 Å². The van der Waals surface area contributed by atoms with Crippen molar-refractivity contribution in [3.05, 3.63) is 59.7 Å². The molecule has 168 valence electrons. The number of rotatable bonds is 2. The number of alkyl halides is 3. The van der Waals surface area contributed by atoms with E-state index in [1.54, 1.807) is 13.3 Å². The zero-order valence-corrected chi connectivity index (χ0v) is 17.0. The third-order valence-corrected chi connectivity index (χ3v) is 4.81. The van der Waals surface area contributed by atoms with Gasteiger partial charge in [-0.25, -0.2) is 14.8 Å². The highest BCUT2D eigenvalue weighted by Gasteiger charge is 2.38. The molecule has 0 bridgehead atoms. The van der Waals surface area contributed by atoms with Gasteiger partial charge in [0, 0.05) is 36.7 Å². The lowest BCUT2D eigenvalue weighted by atomic mass is 10.1. The molecular formula is C21H19F3N4O4. The van der Waals surface area contributed by atoms with Crippen molar-refractivity contribution in [2.24, 2.45) is 0 Å². The Kier molecular flexibility index (Phi) is 6.86. The predicted molar refractivity (Wildman–Crippen MR) is 107 cm³/mol. The maximum Gasteiger partial charge on any atom is 0.490 e. The smallest absolute Gasteiger partial charge is 0.481 e. The number of pyridine rings is 1. The van der Waals surface area contributed by atoms with Crippen molar-refractivity contribution in [3.63, 3.8) is 0 Å². The molecule has 0 saturated carbocycles. The molecule has 1 aliphatic rings. The van der Waals surface area contributed by atoms with Crippen LogP contribution >= 0.6 is 0 Å². The van der Waals surface area contributed by atoms with Gasteiger partial charge in [-0.3, -0.25) is 9.78 Å². The summed E-state index contributed by atoms with van der Waals surface area (Å²) < 4.78 is 37.1. The first kappa shape index (κ1) is 22.9. The van der Waals surface area contributed by atoms with Gasteiger partial charge in [0.15, 0.2) is 0 Å². The average Bonchev–Trinajstić information content (AvgIpc) is 3.00. The van der Waals surface area contributed by atoms with Gasteiger partial charge < -0.3 is 14.7 Å². The average molecular weight is 448 g/mol. The van der Waals surface area contributed by atoms with Gasteiger partial charge in [-0.15, -0.1) is 0 Å². The lowest BCUT2D eigenvalue weighted by Gasteiger charge is -2.20. The molecule has 1 amide bonds. The second-order valence-corrected chi connectivity index (χ2v) is 6.82. The number of para-hydroxylation sites is 1. The zero-order chi connectivity index (χ0) is 23.3. The number of carbonyl (C=O) groups is 2. The largest absolute Gasteiger partial charge is 0.490 e. The second kappa shape index (κ2) is 9.58. The molecule has 3 heterocycles. The summed E-state index contributed by atoms with van der Waals surface area (Å²) >= 11 is 0. The van der Waals surface area contributed by atoms with E-state index in [2.05, 4.69) is 15.0 Å². The van der Waals surface area contributed by atoms with E-state index in [-0.39, 0.29) is 5.91 Å². The number of fused-ring (bicyclic) bond motifs is 2. The van der Waals surface area contributed by atoms with Crippen molar-refractivity contribution < 1.29 is 32.6 Å². The number of ether oxygens (including phenoxy) is 1. The van der Waals surface area contributed by atoms with Crippen LogP contribution in [0, 0.1) is 0 Å². The lowest BCUT2D eigenvalue weighted by Crippen LogP contribution is -2.33. The number of carboxylic acids is 1. The van der Waals surface area contributed by atoms with E-state index < -0.39 is 12.1 Å². The summed E-state index contributed by atoms with van der Waals surface area (Å²) in [6, 6.07) is 9.71. The van der Waals surface area contributed by atoms with Crippen molar-refractivity contribution in [3.8, 4) is 5.88 Å². The minimum absolute atomic E-state index is 0.00187. The van der Waals surface area contributed by atoms with Gasteiger partial charge in [0.05, 0.1) is 23.9 Å². The molecule has 1 N–H and O–H groups in total. The molecule has 0 spiro atoms. The van der Waals surface area contributed by atoms with Crippen LogP contribution in [0.15, 0.2) is 42.9 Å². The van der Waals surface area contributed by atoms with Gasteiger partial charge >= 0.3 is 12.1 Å². The second-order valence-electron chi connectivity index (χ2n) is 6.82. The van der Waals surface area contributed by atoms with Crippen LogP contribution in [0.25, 0.3) is 10.9 Å². The number of hydrogen-bond donors (Lipinski definition) is 1. The number of halogens is 3. The monoisotopic (exact) mass is 448 g/mol. The Bertz CT molecular complexity index is 1140. The van der Waals surface area contributed by atoms with Crippen LogP contribution in [0.1, 0.15) is 21.6 Å². The van der Waals surface area contributed by atoms with E-state index in [4.69, 9.17) is 14.6 Å². The minimum Gasteiger partial charge on any atom is -0.481 e. The normalized spacial score (nSPS) is 13.4. The Balaban J connectivity index is 0.000000360. The van der Waals surface area contributed by atoms with Crippen molar-refractivity contribution in [2.45, 2.75) is 19.0 Å². The number of methoxy groups -OCH3 is 1. The van der Waals surface area contributed by atoms with Crippen LogP contribution in [0.2, 0.25) is 0 Å². The van der Waals surface area contributed by atoms with Crippen LogP contribution in [-0.2, 0) is 17.6 Å². The van der Waals surface area contributed by atoms with E-state index in [1.165, 1.54) is 6.33 Å². The number of aromatic nitrogens is 3. The quantitative estimate of drug-likeness (QED) is 0.643. The van der Waals surface area contributed by atoms with Crippen LogP contribution in [-0.4, -0.2) is 63.2 Å².